The highest BCUT2D eigenvalue weighted by molar-refractivity contribution is 5.75. The van der Waals surface area contributed by atoms with E-state index in [4.69, 9.17) is 5.73 Å². The predicted octanol–water partition coefficient (Wildman–Crippen LogP) is 0.168. The van der Waals surface area contributed by atoms with Gasteiger partial charge in [-0.15, -0.1) is 0 Å². The lowest BCUT2D eigenvalue weighted by molar-refractivity contribution is -0.138. The van der Waals surface area contributed by atoms with E-state index >= 15 is 0 Å². The number of hydrogen-bond acceptors (Lipinski definition) is 3. The molecule has 0 fully saturated rings. The van der Waals surface area contributed by atoms with Gasteiger partial charge in [0.15, 0.2) is 0 Å². The highest BCUT2D eigenvalue weighted by atomic mass is 19.4. The van der Waals surface area contributed by atoms with E-state index in [9.17, 15) is 22.8 Å². The number of amides is 1. The molecule has 0 saturated carbocycles. The minimum atomic E-state index is -4.55. The number of rotatable bonds is 2. The van der Waals surface area contributed by atoms with Crippen LogP contribution in [-0.4, -0.2) is 28.5 Å². The summed E-state index contributed by atoms with van der Waals surface area (Å²) in [5.74, 6) is -0.553. The van der Waals surface area contributed by atoms with E-state index in [1.807, 2.05) is 0 Å². The Bertz CT molecular complexity index is 565. The number of fused-ring (bicyclic) bond motifs is 1. The molecule has 0 saturated heterocycles. The van der Waals surface area contributed by atoms with Crippen LogP contribution in [0.1, 0.15) is 11.3 Å². The van der Waals surface area contributed by atoms with Gasteiger partial charge in [0.1, 0.15) is 0 Å². The summed E-state index contributed by atoms with van der Waals surface area (Å²) >= 11 is 0. The number of pyridine rings is 1. The first-order chi connectivity index (χ1) is 8.77. The summed E-state index contributed by atoms with van der Waals surface area (Å²) in [6, 6.07) is 1.53. The second-order valence-corrected chi connectivity index (χ2v) is 4.40. The van der Waals surface area contributed by atoms with Crippen LogP contribution >= 0.6 is 0 Å². The van der Waals surface area contributed by atoms with Crippen molar-refractivity contribution in [2.45, 2.75) is 19.3 Å². The smallest absolute Gasteiger partial charge is 0.369 e. The molecule has 104 valence electrons. The van der Waals surface area contributed by atoms with Gasteiger partial charge in [0.2, 0.25) is 5.91 Å². The normalized spacial score (nSPS) is 16.2. The monoisotopic (exact) mass is 275 g/mol. The fourth-order valence-electron chi connectivity index (χ4n) is 2.10. The highest BCUT2D eigenvalue weighted by Gasteiger charge is 2.32. The van der Waals surface area contributed by atoms with E-state index in [0.29, 0.717) is 12.6 Å². The largest absolute Gasteiger partial charge is 0.416 e. The molecule has 2 rings (SSSR count). The number of hydrogen-bond donors (Lipinski definition) is 1. The lowest BCUT2D eigenvalue weighted by atomic mass is 10.1. The van der Waals surface area contributed by atoms with Crippen LogP contribution in [0.15, 0.2) is 16.9 Å². The second-order valence-electron chi connectivity index (χ2n) is 4.40. The number of carbonyl (C=O) groups is 1. The lowest BCUT2D eigenvalue weighted by Gasteiger charge is -2.29. The summed E-state index contributed by atoms with van der Waals surface area (Å²) in [5.41, 5.74) is 3.64. The molecule has 19 heavy (non-hydrogen) atoms. The van der Waals surface area contributed by atoms with E-state index in [2.05, 4.69) is 0 Å². The summed E-state index contributed by atoms with van der Waals surface area (Å²) in [7, 11) is 0. The van der Waals surface area contributed by atoms with E-state index in [-0.39, 0.29) is 25.3 Å². The summed E-state index contributed by atoms with van der Waals surface area (Å²) in [4.78, 5) is 24.0. The molecular weight excluding hydrogens is 263 g/mol. The second kappa shape index (κ2) is 4.69. The molecule has 5 nitrogen and oxygen atoms in total. The summed E-state index contributed by atoms with van der Waals surface area (Å²) in [6.45, 7) is 0.716. The molecule has 1 aliphatic rings. The Morgan fingerprint density at radius 2 is 2.00 bits per heavy atom. The zero-order valence-electron chi connectivity index (χ0n) is 9.91. The van der Waals surface area contributed by atoms with Gasteiger partial charge in [-0.1, -0.05) is 0 Å². The molecule has 0 radical (unpaired) electrons. The number of halogens is 3. The third-order valence-corrected chi connectivity index (χ3v) is 2.95. The number of carbonyl (C=O) groups excluding carboxylic acids is 1. The Kier molecular flexibility index (Phi) is 3.36. The molecule has 1 aromatic heterocycles. The third-order valence-electron chi connectivity index (χ3n) is 2.95. The van der Waals surface area contributed by atoms with Crippen molar-refractivity contribution in [3.63, 3.8) is 0 Å². The van der Waals surface area contributed by atoms with Crippen LogP contribution in [-0.2, 0) is 24.1 Å². The predicted molar refractivity (Wildman–Crippen MR) is 60.2 cm³/mol. The van der Waals surface area contributed by atoms with Gasteiger partial charge in [0.05, 0.1) is 12.1 Å². The molecule has 2 N–H and O–H groups in total. The fourth-order valence-corrected chi connectivity index (χ4v) is 2.10. The average Bonchev–Trinajstić information content (AvgIpc) is 2.26. The van der Waals surface area contributed by atoms with E-state index in [1.54, 1.807) is 4.90 Å². The maximum absolute atomic E-state index is 12.6. The van der Waals surface area contributed by atoms with Crippen LogP contribution in [0.2, 0.25) is 0 Å². The molecule has 0 spiro atoms. The molecule has 0 bridgehead atoms. The molecule has 0 atom stereocenters. The maximum atomic E-state index is 12.6. The van der Waals surface area contributed by atoms with Crippen LogP contribution < -0.4 is 11.3 Å². The molecule has 0 unspecified atom stereocenters. The topological polar surface area (TPSA) is 68.3 Å². The molecule has 0 aliphatic carbocycles. The van der Waals surface area contributed by atoms with Crippen molar-refractivity contribution < 1.29 is 18.0 Å². The van der Waals surface area contributed by atoms with Crippen LogP contribution in [0, 0.1) is 0 Å². The Morgan fingerprint density at radius 3 is 2.58 bits per heavy atom. The number of nitrogens with zero attached hydrogens (tertiary/aromatic N) is 2. The summed E-state index contributed by atoms with van der Waals surface area (Å²) < 4.78 is 39.1. The maximum Gasteiger partial charge on any atom is 0.416 e. The van der Waals surface area contributed by atoms with Gasteiger partial charge in [-0.3, -0.25) is 14.5 Å². The Morgan fingerprint density at radius 1 is 1.32 bits per heavy atom. The molecule has 2 heterocycles. The summed E-state index contributed by atoms with van der Waals surface area (Å²) in [5, 5.41) is 0. The average molecular weight is 275 g/mol. The molecule has 8 heteroatoms. The van der Waals surface area contributed by atoms with Crippen LogP contribution in [0.5, 0.6) is 0 Å². The van der Waals surface area contributed by atoms with Crippen molar-refractivity contribution >= 4 is 5.91 Å². The number of primary amides is 1. The highest BCUT2D eigenvalue weighted by Crippen LogP contribution is 2.29. The zero-order valence-corrected chi connectivity index (χ0v) is 9.91. The van der Waals surface area contributed by atoms with Gasteiger partial charge in [0, 0.05) is 31.4 Å². The van der Waals surface area contributed by atoms with Crippen LogP contribution in [0.25, 0.3) is 0 Å². The first-order valence-corrected chi connectivity index (χ1v) is 5.59. The molecule has 1 aliphatic heterocycles. The van der Waals surface area contributed by atoms with E-state index < -0.39 is 23.2 Å². The number of nitrogens with two attached hydrogens (primary N) is 1. The van der Waals surface area contributed by atoms with Gasteiger partial charge < -0.3 is 10.3 Å². The minimum Gasteiger partial charge on any atom is -0.369 e. The Hall–Kier alpha value is -1.83. The Labute approximate surface area is 106 Å². The van der Waals surface area contributed by atoms with Crippen molar-refractivity contribution in [2.24, 2.45) is 5.73 Å². The number of aromatic nitrogens is 1. The zero-order chi connectivity index (χ0) is 14.2. The molecule has 0 aromatic carbocycles. The standard InChI is InChI=1S/C11H12F3N3O2/c12-11(13,14)7-3-8-5-16(6-9(15)18)1-2-17(8)10(19)4-7/h3-4H,1-2,5-6H2,(H2,15,18). The van der Waals surface area contributed by atoms with Crippen molar-refractivity contribution in [2.75, 3.05) is 13.1 Å². The molecule has 1 aromatic rings. The first kappa shape index (κ1) is 13.6. The summed E-state index contributed by atoms with van der Waals surface area (Å²) in [6.07, 6.45) is -4.55. The van der Waals surface area contributed by atoms with Gasteiger partial charge in [0.25, 0.3) is 5.56 Å². The SMILES string of the molecule is NC(=O)CN1CCn2c(cc(C(F)(F)F)cc2=O)C1. The molecule has 1 amide bonds. The molecular formula is C11H12F3N3O2. The number of alkyl halides is 3. The van der Waals surface area contributed by atoms with Gasteiger partial charge in [-0.25, -0.2) is 0 Å². The first-order valence-electron chi connectivity index (χ1n) is 5.59. The van der Waals surface area contributed by atoms with Gasteiger partial charge in [-0.05, 0) is 6.07 Å². The van der Waals surface area contributed by atoms with Crippen LogP contribution in [0.3, 0.4) is 0 Å². The van der Waals surface area contributed by atoms with E-state index in [0.717, 1.165) is 6.07 Å². The van der Waals surface area contributed by atoms with Crippen molar-refractivity contribution in [3.05, 3.63) is 33.7 Å². The fraction of sp³-hybridized carbons (Fsp3) is 0.455. The van der Waals surface area contributed by atoms with Gasteiger partial charge in [-0.2, -0.15) is 13.2 Å². The quantitative estimate of drug-likeness (QED) is 0.836. The third kappa shape index (κ3) is 2.95. The van der Waals surface area contributed by atoms with Crippen molar-refractivity contribution in [1.29, 1.82) is 0 Å². The minimum absolute atomic E-state index is 0.0373. The van der Waals surface area contributed by atoms with Gasteiger partial charge >= 0.3 is 6.18 Å². The van der Waals surface area contributed by atoms with Crippen LogP contribution in [0.4, 0.5) is 13.2 Å². The Balaban J connectivity index is 2.35. The van der Waals surface area contributed by atoms with E-state index in [1.165, 1.54) is 4.57 Å². The lowest BCUT2D eigenvalue weighted by Crippen LogP contribution is -2.42. The van der Waals surface area contributed by atoms with Crippen molar-refractivity contribution in [3.8, 4) is 0 Å². The van der Waals surface area contributed by atoms with Crippen molar-refractivity contribution in [1.82, 2.24) is 9.47 Å².